The standard InChI is InChI=1S/C12H16N4O/c1-7(2)13-12-15-11(16-17-12)10-5-8(3)14-9(4)6-10/h5-7H,1-4H3,(H,13,15,16). The molecule has 0 amide bonds. The van der Waals surface area contributed by atoms with Gasteiger partial charge in [-0.2, -0.15) is 4.98 Å². The molecule has 0 aromatic carbocycles. The monoisotopic (exact) mass is 232 g/mol. The molecule has 0 atom stereocenters. The topological polar surface area (TPSA) is 63.8 Å². The molecule has 0 saturated carbocycles. The first-order chi connectivity index (χ1) is 8.04. The minimum atomic E-state index is 0.268. The molecule has 2 rings (SSSR count). The van der Waals surface area contributed by atoms with E-state index in [1.165, 1.54) is 0 Å². The maximum Gasteiger partial charge on any atom is 0.321 e. The normalized spacial score (nSPS) is 10.9. The lowest BCUT2D eigenvalue weighted by Crippen LogP contribution is -2.09. The van der Waals surface area contributed by atoms with Crippen LogP contribution in [0.2, 0.25) is 0 Å². The van der Waals surface area contributed by atoms with Crippen LogP contribution < -0.4 is 5.32 Å². The Morgan fingerprint density at radius 2 is 1.76 bits per heavy atom. The lowest BCUT2D eigenvalue weighted by molar-refractivity contribution is 0.429. The second kappa shape index (κ2) is 4.53. The quantitative estimate of drug-likeness (QED) is 0.881. The van der Waals surface area contributed by atoms with Crippen molar-refractivity contribution < 1.29 is 4.52 Å². The van der Waals surface area contributed by atoms with Gasteiger partial charge >= 0.3 is 6.01 Å². The first kappa shape index (κ1) is 11.6. The van der Waals surface area contributed by atoms with Crippen LogP contribution in [0.3, 0.4) is 0 Å². The molecule has 17 heavy (non-hydrogen) atoms. The van der Waals surface area contributed by atoms with E-state index in [0.29, 0.717) is 11.8 Å². The number of nitrogens with one attached hydrogen (secondary N) is 1. The van der Waals surface area contributed by atoms with E-state index in [2.05, 4.69) is 20.4 Å². The molecule has 1 N–H and O–H groups in total. The van der Waals surface area contributed by atoms with Crippen LogP contribution in [-0.4, -0.2) is 21.2 Å². The number of aromatic nitrogens is 3. The van der Waals surface area contributed by atoms with E-state index in [4.69, 9.17) is 4.52 Å². The number of nitrogens with zero attached hydrogens (tertiary/aromatic N) is 3. The van der Waals surface area contributed by atoms with Crippen LogP contribution in [0.4, 0.5) is 6.01 Å². The molecule has 5 nitrogen and oxygen atoms in total. The molecule has 0 unspecified atom stereocenters. The van der Waals surface area contributed by atoms with Crippen LogP contribution in [0.15, 0.2) is 16.7 Å². The van der Waals surface area contributed by atoms with E-state index in [9.17, 15) is 0 Å². The van der Waals surface area contributed by atoms with Crippen LogP contribution >= 0.6 is 0 Å². The number of hydrogen-bond acceptors (Lipinski definition) is 5. The van der Waals surface area contributed by atoms with Gasteiger partial charge in [-0.15, -0.1) is 0 Å². The fraction of sp³-hybridized carbons (Fsp3) is 0.417. The summed E-state index contributed by atoms with van der Waals surface area (Å²) in [4.78, 5) is 8.60. The molecule has 0 bridgehead atoms. The van der Waals surface area contributed by atoms with Gasteiger partial charge in [-0.3, -0.25) is 4.98 Å². The van der Waals surface area contributed by atoms with E-state index in [-0.39, 0.29) is 6.04 Å². The summed E-state index contributed by atoms with van der Waals surface area (Å²) in [6.07, 6.45) is 0. The van der Waals surface area contributed by atoms with Gasteiger partial charge in [0.2, 0.25) is 5.82 Å². The first-order valence-corrected chi connectivity index (χ1v) is 5.60. The molecule has 2 aromatic rings. The number of anilines is 1. The van der Waals surface area contributed by atoms with Gasteiger partial charge in [0.1, 0.15) is 0 Å². The van der Waals surface area contributed by atoms with Crippen molar-refractivity contribution in [3.05, 3.63) is 23.5 Å². The van der Waals surface area contributed by atoms with Crippen molar-refractivity contribution in [2.45, 2.75) is 33.7 Å². The van der Waals surface area contributed by atoms with Crippen molar-refractivity contribution in [2.24, 2.45) is 0 Å². The first-order valence-electron chi connectivity index (χ1n) is 5.60. The fourth-order valence-corrected chi connectivity index (χ4v) is 1.61. The summed E-state index contributed by atoms with van der Waals surface area (Å²) < 4.78 is 5.12. The van der Waals surface area contributed by atoms with Crippen molar-refractivity contribution in [3.63, 3.8) is 0 Å². The molecule has 0 fully saturated rings. The van der Waals surface area contributed by atoms with Crippen LogP contribution in [0.25, 0.3) is 11.4 Å². The highest BCUT2D eigenvalue weighted by Crippen LogP contribution is 2.19. The molecule has 0 aliphatic heterocycles. The molecular formula is C12H16N4O. The third-order valence-electron chi connectivity index (χ3n) is 2.18. The average molecular weight is 232 g/mol. The van der Waals surface area contributed by atoms with Crippen molar-refractivity contribution in [3.8, 4) is 11.4 Å². The Balaban J connectivity index is 2.30. The van der Waals surface area contributed by atoms with Gasteiger partial charge in [-0.05, 0) is 39.8 Å². The van der Waals surface area contributed by atoms with Crippen molar-refractivity contribution in [2.75, 3.05) is 5.32 Å². The average Bonchev–Trinajstić information content (AvgIpc) is 2.63. The zero-order chi connectivity index (χ0) is 12.4. The Bertz CT molecular complexity index is 499. The number of pyridine rings is 1. The van der Waals surface area contributed by atoms with E-state index in [0.717, 1.165) is 17.0 Å². The Hall–Kier alpha value is -1.91. The fourth-order valence-electron chi connectivity index (χ4n) is 1.61. The van der Waals surface area contributed by atoms with Crippen molar-refractivity contribution >= 4 is 6.01 Å². The molecule has 90 valence electrons. The molecule has 2 heterocycles. The van der Waals surface area contributed by atoms with Gasteiger partial charge in [0.25, 0.3) is 0 Å². The Morgan fingerprint density at radius 1 is 1.12 bits per heavy atom. The van der Waals surface area contributed by atoms with E-state index < -0.39 is 0 Å². The van der Waals surface area contributed by atoms with Crippen LogP contribution in [-0.2, 0) is 0 Å². The van der Waals surface area contributed by atoms with E-state index >= 15 is 0 Å². The molecular weight excluding hydrogens is 216 g/mol. The van der Waals surface area contributed by atoms with Gasteiger partial charge in [-0.1, -0.05) is 5.16 Å². The number of hydrogen-bond donors (Lipinski definition) is 1. The maximum atomic E-state index is 5.12. The summed E-state index contributed by atoms with van der Waals surface area (Å²) in [6, 6.07) is 4.60. The predicted molar refractivity (Wildman–Crippen MR) is 65.8 cm³/mol. The van der Waals surface area contributed by atoms with Gasteiger partial charge in [-0.25, -0.2) is 0 Å². The molecule has 5 heteroatoms. The summed E-state index contributed by atoms with van der Waals surface area (Å²) in [7, 11) is 0. The third-order valence-corrected chi connectivity index (χ3v) is 2.18. The summed E-state index contributed by atoms with van der Waals surface area (Å²) >= 11 is 0. The van der Waals surface area contributed by atoms with Crippen LogP contribution in [0.1, 0.15) is 25.2 Å². The highest BCUT2D eigenvalue weighted by Gasteiger charge is 2.10. The second-order valence-electron chi connectivity index (χ2n) is 4.36. The zero-order valence-electron chi connectivity index (χ0n) is 10.5. The highest BCUT2D eigenvalue weighted by atomic mass is 16.5. The van der Waals surface area contributed by atoms with Crippen LogP contribution in [0.5, 0.6) is 0 Å². The summed E-state index contributed by atoms with van der Waals surface area (Å²) in [5, 5.41) is 7.01. The van der Waals surface area contributed by atoms with Gasteiger partial charge < -0.3 is 9.84 Å². The van der Waals surface area contributed by atoms with Crippen molar-refractivity contribution in [1.29, 1.82) is 0 Å². The van der Waals surface area contributed by atoms with Gasteiger partial charge in [0, 0.05) is 23.0 Å². The molecule has 0 aliphatic rings. The SMILES string of the molecule is Cc1cc(-c2noc(NC(C)C)n2)cc(C)n1. The van der Waals surface area contributed by atoms with E-state index in [1.807, 2.05) is 39.8 Å². The molecule has 0 radical (unpaired) electrons. The summed E-state index contributed by atoms with van der Waals surface area (Å²) in [5.74, 6) is 0.585. The molecule has 2 aromatic heterocycles. The zero-order valence-corrected chi connectivity index (χ0v) is 10.5. The van der Waals surface area contributed by atoms with Crippen molar-refractivity contribution in [1.82, 2.24) is 15.1 Å². The lowest BCUT2D eigenvalue weighted by Gasteiger charge is -2.02. The van der Waals surface area contributed by atoms with E-state index in [1.54, 1.807) is 0 Å². The Labute approximate surface area is 100 Å². The molecule has 0 aliphatic carbocycles. The lowest BCUT2D eigenvalue weighted by atomic mass is 10.2. The maximum absolute atomic E-state index is 5.12. The summed E-state index contributed by atoms with van der Waals surface area (Å²) in [6.45, 7) is 7.93. The Kier molecular flexibility index (Phi) is 3.08. The van der Waals surface area contributed by atoms with Crippen LogP contribution in [0, 0.1) is 13.8 Å². The predicted octanol–water partition coefficient (Wildman–Crippen LogP) is 2.57. The highest BCUT2D eigenvalue weighted by molar-refractivity contribution is 5.56. The second-order valence-corrected chi connectivity index (χ2v) is 4.36. The van der Waals surface area contributed by atoms with Gasteiger partial charge in [0.15, 0.2) is 0 Å². The number of aryl methyl sites for hydroxylation is 2. The minimum Gasteiger partial charge on any atom is -0.336 e. The number of rotatable bonds is 3. The minimum absolute atomic E-state index is 0.268. The Morgan fingerprint density at radius 3 is 2.35 bits per heavy atom. The smallest absolute Gasteiger partial charge is 0.321 e. The molecule has 0 spiro atoms. The summed E-state index contributed by atoms with van der Waals surface area (Å²) in [5.41, 5.74) is 2.82. The third kappa shape index (κ3) is 2.81. The largest absolute Gasteiger partial charge is 0.336 e. The molecule has 0 saturated heterocycles. The van der Waals surface area contributed by atoms with Gasteiger partial charge in [0.05, 0.1) is 0 Å².